The quantitative estimate of drug-likeness (QED) is 0.291. The third kappa shape index (κ3) is 4.10. The number of halogens is 1. The number of benzene rings is 1. The molecule has 140 valence electrons. The van der Waals surface area contributed by atoms with Crippen LogP contribution in [0.1, 0.15) is 15.9 Å². The molecular formula is C19H18AsBrN2O3S. The first kappa shape index (κ1) is 20.1. The van der Waals surface area contributed by atoms with Crippen LogP contribution in [0.5, 0.6) is 0 Å². The third-order valence-corrected chi connectivity index (χ3v) is 7.61. The van der Waals surface area contributed by atoms with Gasteiger partial charge >= 0.3 is 172 Å². The molecule has 0 saturated heterocycles. The van der Waals surface area contributed by atoms with E-state index in [-0.39, 0.29) is 16.3 Å². The molecule has 2 aromatic heterocycles. The number of nitrogens with zero attached hydrogens (tertiary/aromatic N) is 2. The van der Waals surface area contributed by atoms with Crippen LogP contribution in [0.25, 0.3) is 11.0 Å². The van der Waals surface area contributed by atoms with Crippen LogP contribution in [-0.2, 0) is 10.0 Å². The van der Waals surface area contributed by atoms with Crippen molar-refractivity contribution in [2.45, 2.75) is 23.2 Å². The van der Waals surface area contributed by atoms with Crippen LogP contribution in [0.2, 0.25) is 11.4 Å². The van der Waals surface area contributed by atoms with Gasteiger partial charge in [-0.05, 0) is 0 Å². The summed E-state index contributed by atoms with van der Waals surface area (Å²) in [6.45, 7) is 1.89. The summed E-state index contributed by atoms with van der Waals surface area (Å²) in [6, 6.07) is 8.32. The van der Waals surface area contributed by atoms with Gasteiger partial charge in [0.2, 0.25) is 0 Å². The molecule has 0 unspecified atom stereocenters. The second-order valence-corrected chi connectivity index (χ2v) is 13.7. The van der Waals surface area contributed by atoms with Crippen molar-refractivity contribution < 1.29 is 13.2 Å². The van der Waals surface area contributed by atoms with Gasteiger partial charge in [-0.2, -0.15) is 0 Å². The average Bonchev–Trinajstić information content (AvgIpc) is 2.99. The molecule has 0 aliphatic carbocycles. The van der Waals surface area contributed by atoms with E-state index in [1.54, 1.807) is 36.4 Å². The van der Waals surface area contributed by atoms with Crippen LogP contribution >= 0.6 is 15.9 Å². The van der Waals surface area contributed by atoms with Gasteiger partial charge in [0, 0.05) is 0 Å². The van der Waals surface area contributed by atoms with Gasteiger partial charge in [-0.3, -0.25) is 0 Å². The number of pyridine rings is 1. The Bertz CT molecular complexity index is 1150. The van der Waals surface area contributed by atoms with E-state index in [4.69, 9.17) is 0 Å². The molecular weight excluding hydrogens is 491 g/mol. The van der Waals surface area contributed by atoms with Crippen molar-refractivity contribution in [2.75, 3.05) is 0 Å². The third-order valence-electron chi connectivity index (χ3n) is 3.95. The fraction of sp³-hybridized carbons (Fsp3) is 0.158. The van der Waals surface area contributed by atoms with Gasteiger partial charge in [0.1, 0.15) is 0 Å². The SMILES string of the molecule is Cc1ccc(S(=O)(=O)n2cc(C(=O)C=C[As](C)C)c3cc(Br)cnc32)cc1. The van der Waals surface area contributed by atoms with Crippen LogP contribution < -0.4 is 0 Å². The van der Waals surface area contributed by atoms with E-state index < -0.39 is 24.7 Å². The number of aryl methyl sites for hydroxylation is 1. The van der Waals surface area contributed by atoms with Gasteiger partial charge < -0.3 is 0 Å². The summed E-state index contributed by atoms with van der Waals surface area (Å²) in [7, 11) is -3.87. The number of carbonyl (C=O) groups is 1. The molecule has 0 aliphatic heterocycles. The molecule has 8 heteroatoms. The maximum atomic E-state index is 13.1. The Hall–Kier alpha value is -1.69. The summed E-state index contributed by atoms with van der Waals surface area (Å²) < 4.78 is 28.0. The standard InChI is InChI=1S/C19H18AsBrN2O3S/c1-13-4-6-15(7-5-13)27(25,26)23-12-17(18(24)8-9-20(2)3)16-10-14(21)11-22-19(16)23/h4-12H,1-3H3. The van der Waals surface area contributed by atoms with Crippen molar-refractivity contribution >= 4 is 57.4 Å². The van der Waals surface area contributed by atoms with Gasteiger partial charge in [-0.25, -0.2) is 0 Å². The zero-order chi connectivity index (χ0) is 19.8. The molecule has 2 heterocycles. The molecule has 0 saturated carbocycles. The Kier molecular flexibility index (Phi) is 5.75. The molecule has 3 rings (SSSR count). The van der Waals surface area contributed by atoms with Crippen molar-refractivity contribution in [3.05, 3.63) is 69.3 Å². The van der Waals surface area contributed by atoms with E-state index in [1.165, 1.54) is 12.4 Å². The molecule has 0 spiro atoms. The number of hydrogen-bond acceptors (Lipinski definition) is 4. The average molecular weight is 509 g/mol. The van der Waals surface area contributed by atoms with Gasteiger partial charge in [0.25, 0.3) is 0 Å². The normalized spacial score (nSPS) is 12.3. The summed E-state index contributed by atoms with van der Waals surface area (Å²) in [6.07, 6.45) is 4.43. The first-order chi connectivity index (χ1) is 12.7. The molecule has 0 atom stereocenters. The van der Waals surface area contributed by atoms with E-state index in [0.717, 1.165) is 9.54 Å². The van der Waals surface area contributed by atoms with Crippen molar-refractivity contribution in [1.29, 1.82) is 0 Å². The fourth-order valence-corrected chi connectivity index (χ4v) is 5.13. The number of rotatable bonds is 5. The number of fused-ring (bicyclic) bond motifs is 1. The van der Waals surface area contributed by atoms with Gasteiger partial charge in [0.15, 0.2) is 0 Å². The second kappa shape index (κ2) is 7.74. The van der Waals surface area contributed by atoms with Crippen LogP contribution in [0.3, 0.4) is 0 Å². The number of hydrogen-bond donors (Lipinski definition) is 0. The Balaban J connectivity index is 2.22. The van der Waals surface area contributed by atoms with Crippen LogP contribution in [0.15, 0.2) is 63.0 Å². The number of ketones is 1. The van der Waals surface area contributed by atoms with E-state index in [0.29, 0.717) is 15.4 Å². The molecule has 0 N–H and O–H groups in total. The molecule has 5 nitrogen and oxygen atoms in total. The molecule has 1 aromatic carbocycles. The second-order valence-electron chi connectivity index (χ2n) is 6.32. The zero-order valence-electron chi connectivity index (χ0n) is 15.0. The Labute approximate surface area is 171 Å². The predicted molar refractivity (Wildman–Crippen MR) is 112 cm³/mol. The Morgan fingerprint density at radius 1 is 1.22 bits per heavy atom. The van der Waals surface area contributed by atoms with E-state index in [1.807, 2.05) is 11.8 Å². The van der Waals surface area contributed by atoms with Gasteiger partial charge in [-0.1, -0.05) is 0 Å². The van der Waals surface area contributed by atoms with Crippen LogP contribution in [0.4, 0.5) is 0 Å². The number of aromatic nitrogens is 2. The summed E-state index contributed by atoms with van der Waals surface area (Å²) in [5.74, 6) is -0.221. The van der Waals surface area contributed by atoms with Crippen LogP contribution in [0, 0.1) is 6.92 Å². The first-order valence-corrected chi connectivity index (χ1v) is 15.1. The number of allylic oxidation sites excluding steroid dienone is 1. The molecule has 0 amide bonds. The van der Waals surface area contributed by atoms with Gasteiger partial charge in [0.05, 0.1) is 0 Å². The molecule has 0 bridgehead atoms. The Morgan fingerprint density at radius 3 is 2.52 bits per heavy atom. The van der Waals surface area contributed by atoms with Crippen molar-refractivity contribution in [1.82, 2.24) is 8.96 Å². The molecule has 3 aromatic rings. The van der Waals surface area contributed by atoms with Crippen molar-refractivity contribution in [2.24, 2.45) is 0 Å². The predicted octanol–water partition coefficient (Wildman–Crippen LogP) is 4.38. The van der Waals surface area contributed by atoms with E-state index in [9.17, 15) is 13.2 Å². The zero-order valence-corrected chi connectivity index (χ0v) is 19.3. The van der Waals surface area contributed by atoms with Crippen molar-refractivity contribution in [3.8, 4) is 0 Å². The van der Waals surface area contributed by atoms with Crippen LogP contribution in [-0.4, -0.2) is 37.8 Å². The van der Waals surface area contributed by atoms with Gasteiger partial charge in [-0.15, -0.1) is 0 Å². The fourth-order valence-electron chi connectivity index (χ4n) is 2.56. The Morgan fingerprint density at radius 2 is 1.89 bits per heavy atom. The molecule has 0 fully saturated rings. The van der Waals surface area contributed by atoms with Crippen molar-refractivity contribution in [3.63, 3.8) is 0 Å². The summed E-state index contributed by atoms with van der Waals surface area (Å²) >= 11 is 2.23. The minimum atomic E-state index is -3.87. The maximum absolute atomic E-state index is 13.1. The molecule has 0 aliphatic rings. The summed E-state index contributed by atoms with van der Waals surface area (Å²) in [4.78, 5) is 19.0. The molecule has 0 radical (unpaired) electrons. The summed E-state index contributed by atoms with van der Waals surface area (Å²) in [5, 5.41) is 0.501. The number of carbonyl (C=O) groups excluding carboxylic acids is 1. The first-order valence-electron chi connectivity index (χ1n) is 8.08. The minimum absolute atomic E-state index is 0.152. The van der Waals surface area contributed by atoms with E-state index in [2.05, 4.69) is 32.3 Å². The summed E-state index contributed by atoms with van der Waals surface area (Å²) in [5.41, 5.74) is 5.74. The van der Waals surface area contributed by atoms with E-state index >= 15 is 0 Å². The molecule has 27 heavy (non-hydrogen) atoms. The topological polar surface area (TPSA) is 69.0 Å². The monoisotopic (exact) mass is 508 g/mol.